The second kappa shape index (κ2) is 8.60. The molecule has 0 aromatic heterocycles. The van der Waals surface area contributed by atoms with Crippen molar-refractivity contribution in [3.8, 4) is 0 Å². The monoisotopic (exact) mass is 309 g/mol. The van der Waals surface area contributed by atoms with Crippen LogP contribution in [0.3, 0.4) is 0 Å². The SMILES string of the molecule is CN=C(NCCCC1CCCC1)NCCN1C(=O)CNC1=O. The summed E-state index contributed by atoms with van der Waals surface area (Å²) in [6.45, 7) is 1.86. The first kappa shape index (κ1) is 16.6. The fourth-order valence-corrected chi connectivity index (χ4v) is 3.08. The lowest BCUT2D eigenvalue weighted by Crippen LogP contribution is -2.43. The second-order valence-electron chi connectivity index (χ2n) is 5.92. The number of carbonyl (C=O) groups is 2. The molecule has 1 aliphatic heterocycles. The first-order valence-corrected chi connectivity index (χ1v) is 8.23. The number of hydrogen-bond donors (Lipinski definition) is 3. The summed E-state index contributed by atoms with van der Waals surface area (Å²) in [4.78, 5) is 28.2. The molecule has 3 N–H and O–H groups in total. The van der Waals surface area contributed by atoms with Gasteiger partial charge >= 0.3 is 6.03 Å². The maximum atomic E-state index is 11.4. The molecule has 1 heterocycles. The molecule has 1 aliphatic carbocycles. The molecule has 0 aromatic carbocycles. The predicted molar refractivity (Wildman–Crippen MR) is 85.7 cm³/mol. The fraction of sp³-hybridized carbons (Fsp3) is 0.800. The van der Waals surface area contributed by atoms with Crippen LogP contribution in [-0.2, 0) is 4.79 Å². The number of carbonyl (C=O) groups excluding carboxylic acids is 2. The smallest absolute Gasteiger partial charge is 0.324 e. The first-order chi connectivity index (χ1) is 10.7. The molecule has 0 unspecified atom stereocenters. The van der Waals surface area contributed by atoms with Crippen LogP contribution >= 0.6 is 0 Å². The van der Waals surface area contributed by atoms with Crippen molar-refractivity contribution < 1.29 is 9.59 Å². The van der Waals surface area contributed by atoms with Gasteiger partial charge in [-0.3, -0.25) is 14.7 Å². The molecule has 0 atom stereocenters. The molecule has 124 valence electrons. The van der Waals surface area contributed by atoms with Crippen LogP contribution < -0.4 is 16.0 Å². The second-order valence-corrected chi connectivity index (χ2v) is 5.92. The van der Waals surface area contributed by atoms with E-state index in [2.05, 4.69) is 20.9 Å². The normalized spacial score (nSPS) is 19.7. The van der Waals surface area contributed by atoms with Crippen LogP contribution in [0, 0.1) is 5.92 Å². The van der Waals surface area contributed by atoms with Gasteiger partial charge in [-0.15, -0.1) is 0 Å². The summed E-state index contributed by atoms with van der Waals surface area (Å²) < 4.78 is 0. The Kier molecular flexibility index (Phi) is 6.48. The molecule has 1 saturated carbocycles. The quantitative estimate of drug-likeness (QED) is 0.279. The van der Waals surface area contributed by atoms with Gasteiger partial charge < -0.3 is 16.0 Å². The Hall–Kier alpha value is -1.79. The highest BCUT2D eigenvalue weighted by Crippen LogP contribution is 2.28. The van der Waals surface area contributed by atoms with Gasteiger partial charge in [0.15, 0.2) is 5.96 Å². The summed E-state index contributed by atoms with van der Waals surface area (Å²) in [5, 5.41) is 8.91. The van der Waals surface area contributed by atoms with Crippen LogP contribution in [0.5, 0.6) is 0 Å². The minimum absolute atomic E-state index is 0.104. The minimum atomic E-state index is -0.314. The number of imide groups is 1. The van der Waals surface area contributed by atoms with Crippen LogP contribution in [0.2, 0.25) is 0 Å². The summed E-state index contributed by atoms with van der Waals surface area (Å²) in [6.07, 6.45) is 8.00. The Morgan fingerprint density at radius 3 is 2.64 bits per heavy atom. The predicted octanol–water partition coefficient (Wildman–Crippen LogP) is 0.674. The van der Waals surface area contributed by atoms with Crippen LogP contribution in [0.4, 0.5) is 4.79 Å². The number of guanidine groups is 1. The summed E-state index contributed by atoms with van der Waals surface area (Å²) in [6, 6.07) is -0.314. The Bertz CT molecular complexity index is 402. The number of rotatable bonds is 7. The molecule has 0 spiro atoms. The first-order valence-electron chi connectivity index (χ1n) is 8.23. The molecule has 3 amide bonds. The molecule has 1 saturated heterocycles. The Morgan fingerprint density at radius 1 is 1.27 bits per heavy atom. The van der Waals surface area contributed by atoms with E-state index in [0.29, 0.717) is 13.1 Å². The Morgan fingerprint density at radius 2 is 2.00 bits per heavy atom. The summed E-state index contributed by atoms with van der Waals surface area (Å²) in [5.74, 6) is 1.46. The van der Waals surface area contributed by atoms with E-state index in [1.165, 1.54) is 37.0 Å². The van der Waals surface area contributed by atoms with E-state index in [-0.39, 0.29) is 18.5 Å². The molecule has 7 nitrogen and oxygen atoms in total. The number of amides is 3. The number of aliphatic imine (C=N–C) groups is 1. The van der Waals surface area contributed by atoms with E-state index in [1.807, 2.05) is 0 Å². The van der Waals surface area contributed by atoms with Gasteiger partial charge in [0.25, 0.3) is 0 Å². The zero-order chi connectivity index (χ0) is 15.8. The minimum Gasteiger partial charge on any atom is -0.356 e. The van der Waals surface area contributed by atoms with Gasteiger partial charge in [-0.05, 0) is 18.8 Å². The van der Waals surface area contributed by atoms with Crippen molar-refractivity contribution in [2.75, 3.05) is 33.2 Å². The van der Waals surface area contributed by atoms with Gasteiger partial charge in [-0.25, -0.2) is 4.79 Å². The molecule has 0 bridgehead atoms. The number of nitrogens with zero attached hydrogens (tertiary/aromatic N) is 2. The lowest BCUT2D eigenvalue weighted by atomic mass is 10.0. The highest BCUT2D eigenvalue weighted by atomic mass is 16.2. The van der Waals surface area contributed by atoms with Gasteiger partial charge in [0.1, 0.15) is 0 Å². The van der Waals surface area contributed by atoms with E-state index in [0.717, 1.165) is 24.8 Å². The third-order valence-corrected chi connectivity index (χ3v) is 4.34. The average Bonchev–Trinajstić information content (AvgIpc) is 3.14. The topological polar surface area (TPSA) is 85.8 Å². The van der Waals surface area contributed by atoms with Crippen LogP contribution in [0.25, 0.3) is 0 Å². The lowest BCUT2D eigenvalue weighted by molar-refractivity contribution is -0.124. The van der Waals surface area contributed by atoms with Gasteiger partial charge in [-0.1, -0.05) is 25.7 Å². The summed E-state index contributed by atoms with van der Waals surface area (Å²) >= 11 is 0. The van der Waals surface area contributed by atoms with Crippen molar-refractivity contribution in [3.63, 3.8) is 0 Å². The van der Waals surface area contributed by atoms with Gasteiger partial charge in [-0.2, -0.15) is 0 Å². The van der Waals surface area contributed by atoms with Crippen molar-refractivity contribution in [1.82, 2.24) is 20.9 Å². The largest absolute Gasteiger partial charge is 0.356 e. The van der Waals surface area contributed by atoms with Crippen LogP contribution in [0.15, 0.2) is 4.99 Å². The highest BCUT2D eigenvalue weighted by molar-refractivity contribution is 6.01. The third-order valence-electron chi connectivity index (χ3n) is 4.34. The van der Waals surface area contributed by atoms with Gasteiger partial charge in [0.2, 0.25) is 5.91 Å². The lowest BCUT2D eigenvalue weighted by Gasteiger charge is -2.16. The van der Waals surface area contributed by atoms with E-state index < -0.39 is 0 Å². The Labute approximate surface area is 131 Å². The third kappa shape index (κ3) is 4.89. The van der Waals surface area contributed by atoms with Crippen molar-refractivity contribution in [2.45, 2.75) is 38.5 Å². The summed E-state index contributed by atoms with van der Waals surface area (Å²) in [7, 11) is 1.72. The number of hydrogen-bond acceptors (Lipinski definition) is 3. The number of nitrogens with one attached hydrogen (secondary N) is 3. The van der Waals surface area contributed by atoms with Crippen molar-refractivity contribution in [1.29, 1.82) is 0 Å². The molecule has 0 aromatic rings. The molecule has 7 heteroatoms. The standard InChI is InChI=1S/C15H27N5O2/c1-16-14(17-8-4-7-12-5-2-3-6-12)18-9-10-20-13(21)11-19-15(20)22/h12H,2-11H2,1H3,(H,19,22)(H2,16,17,18). The van der Waals surface area contributed by atoms with Gasteiger partial charge in [0, 0.05) is 26.7 Å². The fourth-order valence-electron chi connectivity index (χ4n) is 3.08. The van der Waals surface area contributed by atoms with E-state index in [4.69, 9.17) is 0 Å². The average molecular weight is 309 g/mol. The maximum absolute atomic E-state index is 11.4. The zero-order valence-electron chi connectivity index (χ0n) is 13.4. The summed E-state index contributed by atoms with van der Waals surface area (Å²) in [5.41, 5.74) is 0. The van der Waals surface area contributed by atoms with Crippen molar-refractivity contribution >= 4 is 17.9 Å². The molecule has 2 fully saturated rings. The Balaban J connectivity index is 1.56. The zero-order valence-corrected chi connectivity index (χ0v) is 13.4. The molecular formula is C15H27N5O2. The van der Waals surface area contributed by atoms with Crippen molar-refractivity contribution in [3.05, 3.63) is 0 Å². The molecule has 0 radical (unpaired) electrons. The van der Waals surface area contributed by atoms with E-state index in [1.54, 1.807) is 7.05 Å². The van der Waals surface area contributed by atoms with Crippen LogP contribution in [-0.4, -0.2) is 56.0 Å². The van der Waals surface area contributed by atoms with Gasteiger partial charge in [0.05, 0.1) is 6.54 Å². The molecule has 2 aliphatic rings. The number of urea groups is 1. The van der Waals surface area contributed by atoms with Crippen LogP contribution in [0.1, 0.15) is 38.5 Å². The van der Waals surface area contributed by atoms with Crippen molar-refractivity contribution in [2.24, 2.45) is 10.9 Å². The molecule has 22 heavy (non-hydrogen) atoms. The molecular weight excluding hydrogens is 282 g/mol. The highest BCUT2D eigenvalue weighted by Gasteiger charge is 2.27. The van der Waals surface area contributed by atoms with E-state index >= 15 is 0 Å². The molecule has 2 rings (SSSR count). The van der Waals surface area contributed by atoms with E-state index in [9.17, 15) is 9.59 Å². The maximum Gasteiger partial charge on any atom is 0.324 e.